The highest BCUT2D eigenvalue weighted by molar-refractivity contribution is 5.85. The SMILES string of the molecule is CCCCc1nnc(OC2CCN(C)CC2)cc1-c1ccc(OCCC2CCCCC2)cc1.Cl.Cl. The molecule has 2 fully saturated rings. The van der Waals surface area contributed by atoms with E-state index in [-0.39, 0.29) is 30.9 Å². The molecule has 0 spiro atoms. The van der Waals surface area contributed by atoms with Crippen molar-refractivity contribution in [1.29, 1.82) is 0 Å². The van der Waals surface area contributed by atoms with Gasteiger partial charge in [0.05, 0.1) is 12.3 Å². The van der Waals surface area contributed by atoms with Crippen LogP contribution in [0.3, 0.4) is 0 Å². The van der Waals surface area contributed by atoms with Gasteiger partial charge in [0.2, 0.25) is 5.88 Å². The molecule has 0 bridgehead atoms. The minimum Gasteiger partial charge on any atom is -0.494 e. The molecule has 1 aromatic carbocycles. The molecule has 1 saturated heterocycles. The van der Waals surface area contributed by atoms with E-state index in [1.54, 1.807) is 0 Å². The molecule has 5 nitrogen and oxygen atoms in total. The van der Waals surface area contributed by atoms with Crippen LogP contribution in [0, 0.1) is 5.92 Å². The van der Waals surface area contributed by atoms with E-state index in [1.165, 1.54) is 38.5 Å². The molecule has 0 radical (unpaired) electrons. The largest absolute Gasteiger partial charge is 0.494 e. The summed E-state index contributed by atoms with van der Waals surface area (Å²) in [5.41, 5.74) is 3.34. The lowest BCUT2D eigenvalue weighted by Gasteiger charge is -2.28. The van der Waals surface area contributed by atoms with Crippen LogP contribution in [0.5, 0.6) is 11.6 Å². The number of rotatable bonds is 10. The van der Waals surface area contributed by atoms with Crippen LogP contribution in [-0.2, 0) is 6.42 Å². The third kappa shape index (κ3) is 9.11. The van der Waals surface area contributed by atoms with Crippen LogP contribution in [0.4, 0.5) is 0 Å². The summed E-state index contributed by atoms with van der Waals surface area (Å²) >= 11 is 0. The second kappa shape index (κ2) is 15.5. The van der Waals surface area contributed by atoms with E-state index in [2.05, 4.69) is 59.4 Å². The lowest BCUT2D eigenvalue weighted by Crippen LogP contribution is -2.35. The van der Waals surface area contributed by atoms with Gasteiger partial charge >= 0.3 is 0 Å². The van der Waals surface area contributed by atoms with Crippen LogP contribution in [0.15, 0.2) is 30.3 Å². The standard InChI is InChI=1S/C28H41N3O2.2ClH/c1-3-4-10-27-26(21-28(30-29-27)33-25-15-18-31(2)19-16-25)23-11-13-24(14-12-23)32-20-17-22-8-6-5-7-9-22;;/h11-14,21-22,25H,3-10,15-20H2,1-2H3;2*1H. The summed E-state index contributed by atoms with van der Waals surface area (Å²) in [6.07, 6.45) is 13.6. The molecule has 1 aliphatic carbocycles. The van der Waals surface area contributed by atoms with Crippen LogP contribution in [-0.4, -0.2) is 47.9 Å². The number of benzene rings is 1. The highest BCUT2D eigenvalue weighted by Gasteiger charge is 2.20. The molecule has 0 atom stereocenters. The number of piperidine rings is 1. The molecule has 2 aliphatic rings. The van der Waals surface area contributed by atoms with Crippen molar-refractivity contribution in [2.75, 3.05) is 26.7 Å². The summed E-state index contributed by atoms with van der Waals surface area (Å²) in [5, 5.41) is 9.00. The number of hydrogen-bond acceptors (Lipinski definition) is 5. The second-order valence-corrected chi connectivity index (χ2v) is 9.93. The number of nitrogens with zero attached hydrogens (tertiary/aromatic N) is 3. The normalized spacial score (nSPS) is 17.3. The summed E-state index contributed by atoms with van der Waals surface area (Å²) in [5.74, 6) is 2.45. The molecule has 1 aliphatic heterocycles. The summed E-state index contributed by atoms with van der Waals surface area (Å²) < 4.78 is 12.3. The quantitative estimate of drug-likeness (QED) is 0.330. The van der Waals surface area contributed by atoms with Gasteiger partial charge in [0.25, 0.3) is 0 Å². The molecule has 0 amide bonds. The van der Waals surface area contributed by atoms with Crippen molar-refractivity contribution in [3.8, 4) is 22.8 Å². The maximum absolute atomic E-state index is 6.23. The molecule has 1 aromatic heterocycles. The van der Waals surface area contributed by atoms with Crippen molar-refractivity contribution < 1.29 is 9.47 Å². The van der Waals surface area contributed by atoms with Gasteiger partial charge in [0.15, 0.2) is 0 Å². The van der Waals surface area contributed by atoms with Crippen LogP contribution in [0.25, 0.3) is 11.1 Å². The molecular formula is C28H43Cl2N3O2. The first-order valence-electron chi connectivity index (χ1n) is 13.2. The Bertz CT molecular complexity index is 852. The third-order valence-electron chi connectivity index (χ3n) is 7.25. The first kappa shape index (κ1) is 29.7. The van der Waals surface area contributed by atoms with Gasteiger partial charge in [-0.3, -0.25) is 0 Å². The number of aromatic nitrogens is 2. The second-order valence-electron chi connectivity index (χ2n) is 9.93. The molecule has 7 heteroatoms. The number of halogens is 2. The van der Waals surface area contributed by atoms with Gasteiger partial charge in [-0.05, 0) is 62.8 Å². The zero-order chi connectivity index (χ0) is 22.9. The summed E-state index contributed by atoms with van der Waals surface area (Å²) in [4.78, 5) is 2.35. The Hall–Kier alpha value is -1.56. The predicted octanol–water partition coefficient (Wildman–Crippen LogP) is 7.15. The smallest absolute Gasteiger partial charge is 0.234 e. The number of unbranched alkanes of at least 4 members (excludes halogenated alkanes) is 1. The van der Waals surface area contributed by atoms with E-state index < -0.39 is 0 Å². The zero-order valence-corrected chi connectivity index (χ0v) is 23.0. The fraction of sp³-hybridized carbons (Fsp3) is 0.643. The van der Waals surface area contributed by atoms with Crippen molar-refractivity contribution in [3.05, 3.63) is 36.0 Å². The molecule has 196 valence electrons. The molecule has 1 saturated carbocycles. The van der Waals surface area contributed by atoms with E-state index in [0.29, 0.717) is 5.88 Å². The Morgan fingerprint density at radius 2 is 1.66 bits per heavy atom. The molecule has 0 N–H and O–H groups in total. The van der Waals surface area contributed by atoms with Gasteiger partial charge in [-0.1, -0.05) is 57.6 Å². The highest BCUT2D eigenvalue weighted by Crippen LogP contribution is 2.30. The highest BCUT2D eigenvalue weighted by atomic mass is 35.5. The minimum atomic E-state index is 0. The van der Waals surface area contributed by atoms with Gasteiger partial charge in [0.1, 0.15) is 11.9 Å². The van der Waals surface area contributed by atoms with Crippen molar-refractivity contribution in [1.82, 2.24) is 15.1 Å². The Balaban J connectivity index is 0.00000216. The Morgan fingerprint density at radius 3 is 2.34 bits per heavy atom. The first-order chi connectivity index (χ1) is 16.2. The lowest BCUT2D eigenvalue weighted by molar-refractivity contribution is 0.109. The minimum absolute atomic E-state index is 0. The molecular weight excluding hydrogens is 481 g/mol. The summed E-state index contributed by atoms with van der Waals surface area (Å²) in [6, 6.07) is 10.6. The molecule has 35 heavy (non-hydrogen) atoms. The van der Waals surface area contributed by atoms with Crippen molar-refractivity contribution >= 4 is 24.8 Å². The van der Waals surface area contributed by atoms with E-state index in [4.69, 9.17) is 9.47 Å². The van der Waals surface area contributed by atoms with Gasteiger partial charge in [-0.25, -0.2) is 0 Å². The average molecular weight is 525 g/mol. The Labute approximate surface area is 224 Å². The van der Waals surface area contributed by atoms with E-state index in [9.17, 15) is 0 Å². The fourth-order valence-corrected chi connectivity index (χ4v) is 5.06. The van der Waals surface area contributed by atoms with Gasteiger partial charge < -0.3 is 14.4 Å². The van der Waals surface area contributed by atoms with Crippen LogP contribution >= 0.6 is 24.8 Å². The van der Waals surface area contributed by atoms with E-state index in [0.717, 1.165) is 80.3 Å². The number of ether oxygens (including phenoxy) is 2. The lowest BCUT2D eigenvalue weighted by atomic mass is 9.87. The van der Waals surface area contributed by atoms with Gasteiger partial charge in [-0.15, -0.1) is 29.9 Å². The molecule has 2 aromatic rings. The Kier molecular flexibility index (Phi) is 13.2. The monoisotopic (exact) mass is 523 g/mol. The molecule has 0 unspecified atom stereocenters. The fourth-order valence-electron chi connectivity index (χ4n) is 5.06. The summed E-state index contributed by atoms with van der Waals surface area (Å²) in [6.45, 7) is 5.17. The van der Waals surface area contributed by atoms with Crippen molar-refractivity contribution in [3.63, 3.8) is 0 Å². The zero-order valence-electron chi connectivity index (χ0n) is 21.4. The maximum Gasteiger partial charge on any atom is 0.234 e. The maximum atomic E-state index is 6.23. The topological polar surface area (TPSA) is 47.5 Å². The number of aryl methyl sites for hydroxylation is 1. The average Bonchev–Trinajstić information content (AvgIpc) is 2.86. The van der Waals surface area contributed by atoms with Crippen LogP contribution in [0.2, 0.25) is 0 Å². The molecule has 2 heterocycles. The van der Waals surface area contributed by atoms with Crippen LogP contribution in [0.1, 0.15) is 76.8 Å². The number of likely N-dealkylation sites (tertiary alicyclic amines) is 1. The van der Waals surface area contributed by atoms with Gasteiger partial charge in [0, 0.05) is 24.7 Å². The van der Waals surface area contributed by atoms with Crippen LogP contribution < -0.4 is 9.47 Å². The Morgan fingerprint density at radius 1 is 0.943 bits per heavy atom. The predicted molar refractivity (Wildman–Crippen MR) is 148 cm³/mol. The van der Waals surface area contributed by atoms with Gasteiger partial charge in [-0.2, -0.15) is 5.10 Å². The van der Waals surface area contributed by atoms with E-state index >= 15 is 0 Å². The molecule has 4 rings (SSSR count). The first-order valence-corrected chi connectivity index (χ1v) is 13.2. The van der Waals surface area contributed by atoms with Crippen molar-refractivity contribution in [2.45, 2.75) is 83.7 Å². The van der Waals surface area contributed by atoms with Crippen molar-refractivity contribution in [2.24, 2.45) is 5.92 Å². The summed E-state index contributed by atoms with van der Waals surface area (Å²) in [7, 11) is 2.17. The number of hydrogen-bond donors (Lipinski definition) is 0. The third-order valence-corrected chi connectivity index (χ3v) is 7.25. The van der Waals surface area contributed by atoms with E-state index in [1.807, 2.05) is 0 Å².